The summed E-state index contributed by atoms with van der Waals surface area (Å²) in [6.07, 6.45) is 0.821. The lowest BCUT2D eigenvalue weighted by Gasteiger charge is -2.28. The van der Waals surface area contributed by atoms with Crippen molar-refractivity contribution in [2.75, 3.05) is 0 Å². The van der Waals surface area contributed by atoms with Crippen LogP contribution in [0.2, 0.25) is 0 Å². The van der Waals surface area contributed by atoms with Gasteiger partial charge in [0.2, 0.25) is 10.0 Å². The van der Waals surface area contributed by atoms with Crippen molar-refractivity contribution in [3.05, 3.63) is 29.3 Å². The summed E-state index contributed by atoms with van der Waals surface area (Å²) in [5.41, 5.74) is 2.02. The summed E-state index contributed by atoms with van der Waals surface area (Å²) >= 11 is 0. The van der Waals surface area contributed by atoms with Gasteiger partial charge in [0, 0.05) is 0 Å². The molecule has 70 valence electrons. The second-order valence-electron chi connectivity index (χ2n) is 3.47. The minimum absolute atomic E-state index is 0.295. The molecule has 1 aromatic carbocycles. The van der Waals surface area contributed by atoms with E-state index in [1.165, 1.54) is 0 Å². The predicted molar refractivity (Wildman–Crippen MR) is 49.9 cm³/mol. The first kappa shape index (κ1) is 8.72. The molecule has 0 aliphatic heterocycles. The number of sulfonamides is 1. The van der Waals surface area contributed by atoms with Crippen LogP contribution in [0.5, 0.6) is 0 Å². The lowest BCUT2D eigenvalue weighted by Crippen LogP contribution is -2.22. The van der Waals surface area contributed by atoms with E-state index >= 15 is 0 Å². The third-order valence-electron chi connectivity index (χ3n) is 2.52. The normalized spacial score (nSPS) is 20.6. The van der Waals surface area contributed by atoms with E-state index in [1.807, 2.05) is 6.07 Å². The molecule has 0 radical (unpaired) electrons. The van der Waals surface area contributed by atoms with Gasteiger partial charge in [-0.1, -0.05) is 19.1 Å². The average molecular weight is 197 g/mol. The van der Waals surface area contributed by atoms with E-state index in [0.29, 0.717) is 10.8 Å². The number of hydrogen-bond acceptors (Lipinski definition) is 2. The number of fused-ring (bicyclic) bond motifs is 1. The maximum atomic E-state index is 11.1. The zero-order valence-electron chi connectivity index (χ0n) is 7.32. The van der Waals surface area contributed by atoms with Crippen LogP contribution in [-0.2, 0) is 16.4 Å². The molecular weight excluding hydrogens is 186 g/mol. The second kappa shape index (κ2) is 2.56. The van der Waals surface area contributed by atoms with E-state index in [1.54, 1.807) is 12.1 Å². The third kappa shape index (κ3) is 1.26. The smallest absolute Gasteiger partial charge is 0.225 e. The molecule has 0 fully saturated rings. The van der Waals surface area contributed by atoms with Crippen molar-refractivity contribution in [3.8, 4) is 0 Å². The summed E-state index contributed by atoms with van der Waals surface area (Å²) in [7, 11) is -3.53. The number of hydrogen-bond donors (Lipinski definition) is 1. The summed E-state index contributed by atoms with van der Waals surface area (Å²) in [5, 5.41) is 5.08. The van der Waals surface area contributed by atoms with Gasteiger partial charge in [-0.2, -0.15) is 0 Å². The Morgan fingerprint density at radius 2 is 2.15 bits per heavy atom. The largest absolute Gasteiger partial charge is 0.238 e. The lowest BCUT2D eigenvalue weighted by molar-refractivity contribution is 0.588. The Morgan fingerprint density at radius 1 is 1.46 bits per heavy atom. The monoisotopic (exact) mass is 197 g/mol. The molecule has 2 rings (SSSR count). The Bertz CT molecular complexity index is 451. The molecule has 1 aromatic rings. The molecule has 1 atom stereocenters. The molecular formula is C9H11NO2S. The van der Waals surface area contributed by atoms with E-state index in [-0.39, 0.29) is 0 Å². The molecule has 0 spiro atoms. The molecule has 0 bridgehead atoms. The van der Waals surface area contributed by atoms with Crippen LogP contribution in [0.1, 0.15) is 24.0 Å². The Hall–Kier alpha value is -0.870. The summed E-state index contributed by atoms with van der Waals surface area (Å²) in [4.78, 5) is 0.295. The minimum Gasteiger partial charge on any atom is -0.225 e. The van der Waals surface area contributed by atoms with Crippen molar-refractivity contribution < 1.29 is 8.42 Å². The molecule has 0 saturated heterocycles. The van der Waals surface area contributed by atoms with Crippen molar-refractivity contribution >= 4 is 10.0 Å². The molecule has 0 amide bonds. The van der Waals surface area contributed by atoms with Crippen LogP contribution in [0.25, 0.3) is 0 Å². The fraction of sp³-hybridized carbons (Fsp3) is 0.333. The van der Waals surface area contributed by atoms with Crippen LogP contribution < -0.4 is 5.14 Å². The Kier molecular flexibility index (Phi) is 1.72. The average Bonchev–Trinajstić information content (AvgIpc) is 2.00. The van der Waals surface area contributed by atoms with Gasteiger partial charge >= 0.3 is 0 Å². The quantitative estimate of drug-likeness (QED) is 0.730. The van der Waals surface area contributed by atoms with Crippen molar-refractivity contribution in [2.45, 2.75) is 24.2 Å². The van der Waals surface area contributed by atoms with E-state index in [2.05, 4.69) is 6.92 Å². The van der Waals surface area contributed by atoms with Gasteiger partial charge < -0.3 is 0 Å². The first-order chi connectivity index (χ1) is 6.00. The number of benzene rings is 1. The highest BCUT2D eigenvalue weighted by molar-refractivity contribution is 7.89. The SMILES string of the molecule is CC1Cc2c1cccc2S(N)(=O)=O. The van der Waals surface area contributed by atoms with Gasteiger partial charge in [0.1, 0.15) is 0 Å². The van der Waals surface area contributed by atoms with Crippen LogP contribution >= 0.6 is 0 Å². The Labute approximate surface area is 77.6 Å². The maximum Gasteiger partial charge on any atom is 0.238 e. The maximum absolute atomic E-state index is 11.1. The second-order valence-corrected chi connectivity index (χ2v) is 5.00. The lowest BCUT2D eigenvalue weighted by atomic mass is 9.79. The van der Waals surface area contributed by atoms with E-state index in [9.17, 15) is 8.42 Å². The first-order valence-electron chi connectivity index (χ1n) is 4.15. The summed E-state index contributed by atoms with van der Waals surface area (Å²) < 4.78 is 22.2. The highest BCUT2D eigenvalue weighted by Gasteiger charge is 2.27. The Morgan fingerprint density at radius 3 is 2.69 bits per heavy atom. The van der Waals surface area contributed by atoms with Gasteiger partial charge in [-0.25, -0.2) is 13.6 Å². The molecule has 2 N–H and O–H groups in total. The molecule has 1 unspecified atom stereocenters. The zero-order valence-corrected chi connectivity index (χ0v) is 8.14. The molecule has 0 aromatic heterocycles. The fourth-order valence-corrected chi connectivity index (χ4v) is 2.63. The highest BCUT2D eigenvalue weighted by Crippen LogP contribution is 2.37. The van der Waals surface area contributed by atoms with Crippen LogP contribution in [0.15, 0.2) is 23.1 Å². The van der Waals surface area contributed by atoms with Crippen molar-refractivity contribution in [1.82, 2.24) is 0 Å². The van der Waals surface area contributed by atoms with Crippen molar-refractivity contribution in [1.29, 1.82) is 0 Å². The fourth-order valence-electron chi connectivity index (χ4n) is 1.81. The van der Waals surface area contributed by atoms with Crippen LogP contribution in [0, 0.1) is 0 Å². The van der Waals surface area contributed by atoms with Gasteiger partial charge in [0.25, 0.3) is 0 Å². The molecule has 1 aliphatic carbocycles. The molecule has 13 heavy (non-hydrogen) atoms. The van der Waals surface area contributed by atoms with Crippen molar-refractivity contribution in [3.63, 3.8) is 0 Å². The first-order valence-corrected chi connectivity index (χ1v) is 5.69. The molecule has 1 aliphatic rings. The van der Waals surface area contributed by atoms with Crippen LogP contribution in [0.3, 0.4) is 0 Å². The minimum atomic E-state index is -3.53. The zero-order chi connectivity index (χ0) is 9.64. The third-order valence-corrected chi connectivity index (χ3v) is 3.51. The van der Waals surface area contributed by atoms with Crippen molar-refractivity contribution in [2.24, 2.45) is 5.14 Å². The van der Waals surface area contributed by atoms with Crippen LogP contribution in [0.4, 0.5) is 0 Å². The molecule has 3 nitrogen and oxygen atoms in total. The molecule has 0 saturated carbocycles. The van der Waals surface area contributed by atoms with Gasteiger partial charge in [-0.3, -0.25) is 0 Å². The van der Waals surface area contributed by atoms with E-state index < -0.39 is 10.0 Å². The van der Waals surface area contributed by atoms with Gasteiger partial charge in [0.05, 0.1) is 4.90 Å². The van der Waals surface area contributed by atoms with E-state index in [0.717, 1.165) is 17.5 Å². The van der Waals surface area contributed by atoms with E-state index in [4.69, 9.17) is 5.14 Å². The number of primary sulfonamides is 1. The highest BCUT2D eigenvalue weighted by atomic mass is 32.2. The Balaban J connectivity index is 2.64. The van der Waals surface area contributed by atoms with Gasteiger partial charge in [-0.15, -0.1) is 0 Å². The topological polar surface area (TPSA) is 60.2 Å². The predicted octanol–water partition coefficient (Wildman–Crippen LogP) is 0.994. The van der Waals surface area contributed by atoms with Gasteiger partial charge in [0.15, 0.2) is 0 Å². The summed E-state index contributed by atoms with van der Waals surface area (Å²) in [6, 6.07) is 5.27. The number of rotatable bonds is 1. The van der Waals surface area contributed by atoms with Crippen LogP contribution in [-0.4, -0.2) is 8.42 Å². The molecule has 0 heterocycles. The standard InChI is InChI=1S/C9H11NO2S/c1-6-5-8-7(6)3-2-4-9(8)13(10,11)12/h2-4,6H,5H2,1H3,(H2,10,11,12). The number of nitrogens with two attached hydrogens (primary N) is 1. The van der Waals surface area contributed by atoms with Gasteiger partial charge in [-0.05, 0) is 29.5 Å². The molecule has 4 heteroatoms. The summed E-state index contributed by atoms with van der Waals surface area (Å²) in [5.74, 6) is 0.469. The summed E-state index contributed by atoms with van der Waals surface area (Å²) in [6.45, 7) is 2.08.